The van der Waals surface area contributed by atoms with Crippen molar-refractivity contribution in [1.82, 2.24) is 0 Å². The summed E-state index contributed by atoms with van der Waals surface area (Å²) >= 11 is 0. The molecule has 0 N–H and O–H groups in total. The molecule has 0 saturated heterocycles. The zero-order valence-corrected chi connectivity index (χ0v) is 8.81. The van der Waals surface area contributed by atoms with E-state index in [4.69, 9.17) is 0 Å². The molecule has 2 rings (SSSR count). The fourth-order valence-electron chi connectivity index (χ4n) is 1.39. The van der Waals surface area contributed by atoms with Gasteiger partial charge in [-0.15, -0.1) is 0 Å². The van der Waals surface area contributed by atoms with Crippen molar-refractivity contribution in [3.63, 3.8) is 0 Å². The maximum Gasteiger partial charge on any atom is 0.219 e. The molecule has 0 aliphatic heterocycles. The molecular weight excluding hydrogens is 224 g/mol. The van der Waals surface area contributed by atoms with E-state index in [-0.39, 0.29) is 11.3 Å². The molecule has 0 unspecified atom stereocenters. The van der Waals surface area contributed by atoms with Gasteiger partial charge in [-0.25, -0.2) is 8.78 Å². The van der Waals surface area contributed by atoms with Gasteiger partial charge in [0.25, 0.3) is 0 Å². The summed E-state index contributed by atoms with van der Waals surface area (Å²) < 4.78 is 26.6. The SMILES string of the molecule is [O-][N+](=Cc1ccccc1F)c1cccc(F)c1. The third kappa shape index (κ3) is 2.66. The van der Waals surface area contributed by atoms with Crippen molar-refractivity contribution in [2.45, 2.75) is 0 Å². The first kappa shape index (κ1) is 11.3. The second-order valence-electron chi connectivity index (χ2n) is 3.46. The Balaban J connectivity index is 2.38. The molecule has 0 radical (unpaired) electrons. The molecule has 2 aromatic carbocycles. The van der Waals surface area contributed by atoms with Gasteiger partial charge in [0.2, 0.25) is 5.69 Å². The fraction of sp³-hybridized carbons (Fsp3) is 0. The van der Waals surface area contributed by atoms with E-state index in [9.17, 15) is 14.0 Å². The van der Waals surface area contributed by atoms with E-state index in [1.165, 1.54) is 36.4 Å². The van der Waals surface area contributed by atoms with E-state index in [2.05, 4.69) is 0 Å². The maximum atomic E-state index is 13.3. The monoisotopic (exact) mass is 233 g/mol. The summed E-state index contributed by atoms with van der Waals surface area (Å²) in [6, 6.07) is 11.1. The summed E-state index contributed by atoms with van der Waals surface area (Å²) in [5.74, 6) is -1.00. The van der Waals surface area contributed by atoms with Crippen molar-refractivity contribution in [2.75, 3.05) is 0 Å². The summed E-state index contributed by atoms with van der Waals surface area (Å²) in [4.78, 5) is 0. The lowest BCUT2D eigenvalue weighted by Gasteiger charge is -2.03. The highest BCUT2D eigenvalue weighted by Crippen LogP contribution is 2.13. The van der Waals surface area contributed by atoms with Crippen LogP contribution >= 0.6 is 0 Å². The predicted octanol–water partition coefficient (Wildman–Crippen LogP) is 3.23. The van der Waals surface area contributed by atoms with E-state index in [0.717, 1.165) is 12.3 Å². The molecule has 0 bridgehead atoms. The quantitative estimate of drug-likeness (QED) is 0.338. The van der Waals surface area contributed by atoms with Gasteiger partial charge < -0.3 is 5.21 Å². The lowest BCUT2D eigenvalue weighted by atomic mass is 10.2. The Hall–Kier alpha value is -2.23. The smallest absolute Gasteiger partial charge is 0.219 e. The molecule has 4 heteroatoms. The normalized spacial score (nSPS) is 11.5. The predicted molar refractivity (Wildman–Crippen MR) is 61.3 cm³/mol. The minimum atomic E-state index is -0.509. The van der Waals surface area contributed by atoms with Crippen molar-refractivity contribution in [1.29, 1.82) is 0 Å². The number of hydrogen-bond acceptors (Lipinski definition) is 1. The lowest BCUT2D eigenvalue weighted by molar-refractivity contribution is -0.354. The Labute approximate surface area is 97.0 Å². The van der Waals surface area contributed by atoms with Crippen LogP contribution in [0.2, 0.25) is 0 Å². The van der Waals surface area contributed by atoms with E-state index in [1.807, 2.05) is 0 Å². The molecule has 86 valence electrons. The first-order valence-corrected chi connectivity index (χ1v) is 4.98. The van der Waals surface area contributed by atoms with Gasteiger partial charge in [-0.2, -0.15) is 4.74 Å². The summed E-state index contributed by atoms with van der Waals surface area (Å²) in [7, 11) is 0. The summed E-state index contributed by atoms with van der Waals surface area (Å²) in [6.07, 6.45) is 1.07. The van der Waals surface area contributed by atoms with Crippen LogP contribution in [0.4, 0.5) is 14.5 Å². The molecule has 17 heavy (non-hydrogen) atoms. The van der Waals surface area contributed by atoms with E-state index >= 15 is 0 Å². The van der Waals surface area contributed by atoms with Crippen molar-refractivity contribution >= 4 is 11.9 Å². The topological polar surface area (TPSA) is 26.1 Å². The van der Waals surface area contributed by atoms with Gasteiger partial charge in [0.1, 0.15) is 11.6 Å². The number of benzene rings is 2. The van der Waals surface area contributed by atoms with Gasteiger partial charge in [0, 0.05) is 12.1 Å². The Morgan fingerprint density at radius 1 is 1.00 bits per heavy atom. The molecule has 0 fully saturated rings. The molecule has 0 atom stereocenters. The number of hydrogen-bond donors (Lipinski definition) is 0. The van der Waals surface area contributed by atoms with Crippen LogP contribution < -0.4 is 0 Å². The molecular formula is C13H9F2NO. The molecule has 2 aromatic rings. The third-order valence-corrected chi connectivity index (χ3v) is 2.22. The van der Waals surface area contributed by atoms with E-state index in [1.54, 1.807) is 6.07 Å². The van der Waals surface area contributed by atoms with Crippen LogP contribution in [-0.2, 0) is 0 Å². The van der Waals surface area contributed by atoms with Crippen molar-refractivity contribution < 1.29 is 13.5 Å². The highest BCUT2D eigenvalue weighted by Gasteiger charge is 2.05. The van der Waals surface area contributed by atoms with Gasteiger partial charge in [-0.05, 0) is 18.2 Å². The van der Waals surface area contributed by atoms with Crippen molar-refractivity contribution in [3.05, 3.63) is 70.9 Å². The Morgan fingerprint density at radius 2 is 1.76 bits per heavy atom. The van der Waals surface area contributed by atoms with Gasteiger partial charge in [0.15, 0.2) is 6.21 Å². The summed E-state index contributed by atoms with van der Waals surface area (Å²) in [5.41, 5.74) is 0.278. The Bertz CT molecular complexity index is 567. The molecule has 0 saturated carbocycles. The van der Waals surface area contributed by atoms with Crippen LogP contribution in [0, 0.1) is 16.8 Å². The van der Waals surface area contributed by atoms with Crippen LogP contribution in [0.1, 0.15) is 5.56 Å². The van der Waals surface area contributed by atoms with Gasteiger partial charge in [0.05, 0.1) is 5.56 Å². The van der Waals surface area contributed by atoms with E-state index < -0.39 is 11.6 Å². The number of halogens is 2. The average Bonchev–Trinajstić information content (AvgIpc) is 2.32. The minimum absolute atomic E-state index is 0.119. The van der Waals surface area contributed by atoms with Crippen molar-refractivity contribution in [3.8, 4) is 0 Å². The molecule has 0 aliphatic rings. The van der Waals surface area contributed by atoms with Crippen molar-refractivity contribution in [2.24, 2.45) is 0 Å². The molecule has 0 heterocycles. The molecule has 0 aromatic heterocycles. The Kier molecular flexibility index (Phi) is 3.14. The standard InChI is InChI=1S/C13H9F2NO/c14-11-5-3-6-12(8-11)16(17)9-10-4-1-2-7-13(10)15/h1-9H. The molecule has 0 amide bonds. The largest absolute Gasteiger partial charge is 0.618 e. The first-order chi connectivity index (χ1) is 8.16. The number of rotatable bonds is 2. The van der Waals surface area contributed by atoms with Crippen LogP contribution in [-0.4, -0.2) is 11.0 Å². The van der Waals surface area contributed by atoms with Crippen LogP contribution in [0.5, 0.6) is 0 Å². The van der Waals surface area contributed by atoms with Crippen LogP contribution in [0.15, 0.2) is 48.5 Å². The molecule has 2 nitrogen and oxygen atoms in total. The molecule has 0 spiro atoms. The van der Waals surface area contributed by atoms with Crippen LogP contribution in [0.3, 0.4) is 0 Å². The second-order valence-corrected chi connectivity index (χ2v) is 3.46. The minimum Gasteiger partial charge on any atom is -0.618 e. The zero-order valence-electron chi connectivity index (χ0n) is 8.81. The lowest BCUT2D eigenvalue weighted by Crippen LogP contribution is -2.00. The Morgan fingerprint density at radius 3 is 2.47 bits per heavy atom. The zero-order chi connectivity index (χ0) is 12.3. The highest BCUT2D eigenvalue weighted by atomic mass is 19.1. The first-order valence-electron chi connectivity index (χ1n) is 4.98. The fourth-order valence-corrected chi connectivity index (χ4v) is 1.39. The van der Waals surface area contributed by atoms with Gasteiger partial charge in [-0.1, -0.05) is 18.2 Å². The van der Waals surface area contributed by atoms with Gasteiger partial charge in [-0.3, -0.25) is 0 Å². The average molecular weight is 233 g/mol. The second kappa shape index (κ2) is 4.74. The van der Waals surface area contributed by atoms with Gasteiger partial charge >= 0.3 is 0 Å². The molecule has 0 aliphatic carbocycles. The number of nitrogens with zero attached hydrogens (tertiary/aromatic N) is 1. The van der Waals surface area contributed by atoms with E-state index in [0.29, 0.717) is 4.74 Å². The summed E-state index contributed by atoms with van der Waals surface area (Å²) in [5, 5.41) is 11.6. The summed E-state index contributed by atoms with van der Waals surface area (Å²) in [6.45, 7) is 0. The maximum absolute atomic E-state index is 13.3. The van der Waals surface area contributed by atoms with Crippen LogP contribution in [0.25, 0.3) is 0 Å². The third-order valence-electron chi connectivity index (χ3n) is 2.22. The highest BCUT2D eigenvalue weighted by molar-refractivity contribution is 5.76.